The number of aryl methyl sites for hydroxylation is 1. The molecule has 4 N–H and O–H groups in total. The van der Waals surface area contributed by atoms with E-state index >= 15 is 0 Å². The van der Waals surface area contributed by atoms with Gasteiger partial charge in [-0.05, 0) is 18.6 Å². The van der Waals surface area contributed by atoms with Crippen molar-refractivity contribution < 1.29 is 24.3 Å². The van der Waals surface area contributed by atoms with E-state index in [-0.39, 0.29) is 18.9 Å². The predicted molar refractivity (Wildman–Crippen MR) is 109 cm³/mol. The molecule has 1 fully saturated rings. The van der Waals surface area contributed by atoms with Crippen LogP contribution in [0.2, 0.25) is 0 Å². The third-order valence-electron chi connectivity index (χ3n) is 3.85. The summed E-state index contributed by atoms with van der Waals surface area (Å²) < 4.78 is 0.322. The molecule has 1 aliphatic rings. The lowest BCUT2D eigenvalue weighted by molar-refractivity contribution is -0.143. The summed E-state index contributed by atoms with van der Waals surface area (Å²) in [6, 6.07) is 6.24. The normalized spacial score (nSPS) is 16.3. The van der Waals surface area contributed by atoms with Crippen LogP contribution in [-0.2, 0) is 19.2 Å². The van der Waals surface area contributed by atoms with Gasteiger partial charge in [-0.15, -0.1) is 0 Å². The number of nitrogens with zero attached hydrogens (tertiary/aromatic N) is 1. The summed E-state index contributed by atoms with van der Waals surface area (Å²) in [6.45, 7) is 1.97. The fourth-order valence-electron chi connectivity index (χ4n) is 2.39. The number of carboxylic acids is 1. The number of carboxylic acid groups (broad SMARTS) is 1. The molecule has 0 aliphatic carbocycles. The Morgan fingerprint density at radius 3 is 2.54 bits per heavy atom. The molecule has 148 valence electrons. The van der Waals surface area contributed by atoms with Crippen LogP contribution in [0.5, 0.6) is 0 Å². The van der Waals surface area contributed by atoms with E-state index in [1.54, 1.807) is 6.08 Å². The molecule has 0 radical (unpaired) electrons. The Morgan fingerprint density at radius 1 is 1.32 bits per heavy atom. The van der Waals surface area contributed by atoms with E-state index in [1.807, 2.05) is 31.2 Å². The second-order valence-electron chi connectivity index (χ2n) is 6.12. The molecule has 8 nitrogen and oxygen atoms in total. The van der Waals surface area contributed by atoms with Crippen molar-refractivity contribution in [3.63, 3.8) is 0 Å². The molecular formula is C18H19N3O5S2. The number of benzene rings is 1. The second-order valence-corrected chi connectivity index (χ2v) is 7.80. The molecule has 0 saturated carbocycles. The van der Waals surface area contributed by atoms with Crippen LogP contribution in [0.3, 0.4) is 0 Å². The zero-order chi connectivity index (χ0) is 20.8. The van der Waals surface area contributed by atoms with Crippen molar-refractivity contribution in [3.8, 4) is 0 Å². The van der Waals surface area contributed by atoms with Gasteiger partial charge in [-0.2, -0.15) is 0 Å². The van der Waals surface area contributed by atoms with E-state index in [0.717, 1.165) is 22.9 Å². The van der Waals surface area contributed by atoms with Crippen molar-refractivity contribution in [1.29, 1.82) is 0 Å². The lowest BCUT2D eigenvalue weighted by Crippen LogP contribution is -2.44. The maximum Gasteiger partial charge on any atom is 0.326 e. The molecule has 2 rings (SSSR count). The van der Waals surface area contributed by atoms with Gasteiger partial charge < -0.3 is 16.2 Å². The number of nitrogens with one attached hydrogen (secondary N) is 1. The van der Waals surface area contributed by atoms with E-state index in [9.17, 15) is 19.2 Å². The average Bonchev–Trinajstić information content (AvgIpc) is 2.87. The minimum atomic E-state index is -1.40. The Balaban J connectivity index is 1.97. The highest BCUT2D eigenvalue weighted by molar-refractivity contribution is 8.26. The van der Waals surface area contributed by atoms with E-state index in [2.05, 4.69) is 5.32 Å². The highest BCUT2D eigenvalue weighted by atomic mass is 32.2. The van der Waals surface area contributed by atoms with Crippen LogP contribution < -0.4 is 11.1 Å². The standard InChI is InChI=1S/C18H19N3O5S2/c1-10-2-4-11(5-3-10)8-13-16(24)21(18(27)28-13)7-6-15(23)20-12(17(25)26)9-14(19)22/h2-5,8,12H,6-7,9H2,1H3,(H2,19,22)(H,20,23)(H,25,26)/b13-8+/t12-/m1/s1. The highest BCUT2D eigenvalue weighted by Crippen LogP contribution is 2.32. The number of hydrogen-bond donors (Lipinski definition) is 3. The predicted octanol–water partition coefficient (Wildman–Crippen LogP) is 1.03. The van der Waals surface area contributed by atoms with Crippen LogP contribution >= 0.6 is 24.0 Å². The van der Waals surface area contributed by atoms with E-state index in [4.69, 9.17) is 23.1 Å². The zero-order valence-corrected chi connectivity index (χ0v) is 16.6. The van der Waals surface area contributed by atoms with Gasteiger partial charge in [-0.3, -0.25) is 19.3 Å². The van der Waals surface area contributed by atoms with Crippen molar-refractivity contribution in [2.45, 2.75) is 25.8 Å². The van der Waals surface area contributed by atoms with Gasteiger partial charge in [-0.1, -0.05) is 53.8 Å². The Bertz CT molecular complexity index is 851. The summed E-state index contributed by atoms with van der Waals surface area (Å²) >= 11 is 6.35. The molecule has 10 heteroatoms. The van der Waals surface area contributed by atoms with Crippen LogP contribution in [0, 0.1) is 6.92 Å². The van der Waals surface area contributed by atoms with Gasteiger partial charge in [0.1, 0.15) is 10.4 Å². The monoisotopic (exact) mass is 421 g/mol. The first-order valence-electron chi connectivity index (χ1n) is 8.30. The summed E-state index contributed by atoms with van der Waals surface area (Å²) in [5.74, 6) is -3.13. The lowest BCUT2D eigenvalue weighted by Gasteiger charge is -2.16. The molecule has 0 bridgehead atoms. The van der Waals surface area contributed by atoms with Crippen LogP contribution in [-0.4, -0.2) is 50.6 Å². The van der Waals surface area contributed by atoms with Crippen molar-refractivity contribution in [2.24, 2.45) is 5.73 Å². The van der Waals surface area contributed by atoms with Crippen LogP contribution in [0.15, 0.2) is 29.2 Å². The quantitative estimate of drug-likeness (QED) is 0.422. The number of hydrogen-bond acceptors (Lipinski definition) is 6. The number of aliphatic carboxylic acids is 1. The lowest BCUT2D eigenvalue weighted by atomic mass is 10.1. The number of thioether (sulfide) groups is 1. The molecule has 1 atom stereocenters. The Morgan fingerprint density at radius 2 is 1.96 bits per heavy atom. The summed E-state index contributed by atoms with van der Waals surface area (Å²) in [4.78, 5) is 48.2. The number of amides is 3. The third-order valence-corrected chi connectivity index (χ3v) is 5.23. The molecule has 0 aromatic heterocycles. The smallest absolute Gasteiger partial charge is 0.326 e. The van der Waals surface area contributed by atoms with Gasteiger partial charge in [-0.25, -0.2) is 4.79 Å². The number of rotatable bonds is 8. The first-order chi connectivity index (χ1) is 13.2. The van der Waals surface area contributed by atoms with Crippen LogP contribution in [0.1, 0.15) is 24.0 Å². The fourth-order valence-corrected chi connectivity index (χ4v) is 3.70. The van der Waals surface area contributed by atoms with Gasteiger partial charge >= 0.3 is 5.97 Å². The van der Waals surface area contributed by atoms with Crippen LogP contribution in [0.25, 0.3) is 6.08 Å². The maximum absolute atomic E-state index is 12.5. The van der Waals surface area contributed by atoms with Gasteiger partial charge in [0.15, 0.2) is 0 Å². The van der Waals surface area contributed by atoms with E-state index in [1.165, 1.54) is 4.90 Å². The molecular weight excluding hydrogens is 402 g/mol. The van der Waals surface area contributed by atoms with Crippen molar-refractivity contribution in [1.82, 2.24) is 10.2 Å². The molecule has 1 aromatic carbocycles. The Hall–Kier alpha value is -2.72. The summed E-state index contributed by atoms with van der Waals surface area (Å²) in [5, 5.41) is 11.2. The summed E-state index contributed by atoms with van der Waals surface area (Å²) in [7, 11) is 0. The van der Waals surface area contributed by atoms with Gasteiger partial charge in [0, 0.05) is 13.0 Å². The van der Waals surface area contributed by atoms with Crippen molar-refractivity contribution >= 4 is 58.1 Å². The van der Waals surface area contributed by atoms with Crippen LogP contribution in [0.4, 0.5) is 0 Å². The number of thiocarbonyl (C=S) groups is 1. The minimum Gasteiger partial charge on any atom is -0.480 e. The molecule has 0 spiro atoms. The zero-order valence-electron chi connectivity index (χ0n) is 15.0. The summed E-state index contributed by atoms with van der Waals surface area (Å²) in [5.41, 5.74) is 6.94. The van der Waals surface area contributed by atoms with Gasteiger partial charge in [0.25, 0.3) is 5.91 Å². The van der Waals surface area contributed by atoms with Gasteiger partial charge in [0.05, 0.1) is 11.3 Å². The second kappa shape index (κ2) is 9.47. The van der Waals surface area contributed by atoms with E-state index in [0.29, 0.717) is 9.23 Å². The third kappa shape index (κ3) is 5.89. The Labute approximate surface area is 171 Å². The minimum absolute atomic E-state index is 0.00461. The number of nitrogens with two attached hydrogens (primary N) is 1. The number of carbonyl (C=O) groups excluding carboxylic acids is 3. The molecule has 1 saturated heterocycles. The van der Waals surface area contributed by atoms with Gasteiger partial charge in [0.2, 0.25) is 11.8 Å². The fraction of sp³-hybridized carbons (Fsp3) is 0.278. The molecule has 3 amide bonds. The largest absolute Gasteiger partial charge is 0.480 e. The molecule has 1 heterocycles. The maximum atomic E-state index is 12.5. The molecule has 1 aromatic rings. The molecule has 1 aliphatic heterocycles. The first kappa shape index (κ1) is 21.6. The first-order valence-corrected chi connectivity index (χ1v) is 9.52. The highest BCUT2D eigenvalue weighted by Gasteiger charge is 2.32. The average molecular weight is 422 g/mol. The number of primary amides is 1. The number of carbonyl (C=O) groups is 4. The van der Waals surface area contributed by atoms with E-state index < -0.39 is 30.2 Å². The summed E-state index contributed by atoms with van der Waals surface area (Å²) in [6.07, 6.45) is 1.06. The topological polar surface area (TPSA) is 130 Å². The van der Waals surface area contributed by atoms with Crippen molar-refractivity contribution in [2.75, 3.05) is 6.54 Å². The SMILES string of the molecule is Cc1ccc(/C=C2/SC(=S)N(CCC(=O)N[C@H](CC(N)=O)C(=O)O)C2=O)cc1. The Kier molecular flexibility index (Phi) is 7.30. The molecule has 0 unspecified atom stereocenters. The van der Waals surface area contributed by atoms with Crippen molar-refractivity contribution in [3.05, 3.63) is 40.3 Å². The molecule has 28 heavy (non-hydrogen) atoms.